The summed E-state index contributed by atoms with van der Waals surface area (Å²) in [4.78, 5) is 0. The monoisotopic (exact) mass is 255 g/mol. The first kappa shape index (κ1) is 22.7. The van der Waals surface area contributed by atoms with Crippen molar-refractivity contribution < 1.29 is 57.1 Å². The molecule has 0 aliphatic carbocycles. The van der Waals surface area contributed by atoms with Gasteiger partial charge in [-0.25, -0.2) is 0 Å². The summed E-state index contributed by atoms with van der Waals surface area (Å²) in [6.45, 7) is 0. The molecule has 12 heteroatoms. The first-order valence-electron chi connectivity index (χ1n) is 1.75. The molecule has 0 spiro atoms. The first-order valence-corrected chi connectivity index (χ1v) is 1.75. The Hall–Kier alpha value is 0.0494. The summed E-state index contributed by atoms with van der Waals surface area (Å²) in [5, 5.41) is 0. The van der Waals surface area contributed by atoms with E-state index in [2.05, 4.69) is 0 Å². The molecule has 1 nitrogen and oxygen atoms in total. The van der Waals surface area contributed by atoms with E-state index in [0.29, 0.717) is 0 Å². The van der Waals surface area contributed by atoms with Gasteiger partial charge in [-0.3, -0.25) is 0 Å². The Balaban J connectivity index is -0.0000000457. The SMILES string of the molecule is F[B-](F)(F)F.F[B-](F)(F)F.O.[Cu]. The minimum Gasteiger partial charge on any atom is -0.418 e. The van der Waals surface area contributed by atoms with E-state index in [9.17, 15) is 34.5 Å². The van der Waals surface area contributed by atoms with E-state index >= 15 is 0 Å². The first-order chi connectivity index (χ1) is 4.00. The van der Waals surface area contributed by atoms with Crippen LogP contribution in [0.15, 0.2) is 0 Å². The zero-order valence-corrected chi connectivity index (χ0v) is 5.92. The van der Waals surface area contributed by atoms with E-state index in [4.69, 9.17) is 0 Å². The molecule has 0 aliphatic heterocycles. The number of halogens is 8. The molecule has 0 rings (SSSR count). The maximum Gasteiger partial charge on any atom is 0.673 e. The van der Waals surface area contributed by atoms with Crippen molar-refractivity contribution in [3.8, 4) is 0 Å². The Bertz CT molecular complexity index is 60.0. The topological polar surface area (TPSA) is 31.5 Å². The van der Waals surface area contributed by atoms with E-state index in [1.54, 1.807) is 0 Å². The van der Waals surface area contributed by atoms with Crippen LogP contribution in [0.2, 0.25) is 0 Å². The number of rotatable bonds is 0. The molecule has 0 aromatic carbocycles. The predicted molar refractivity (Wildman–Crippen MR) is 24.0 cm³/mol. The van der Waals surface area contributed by atoms with Crippen molar-refractivity contribution in [1.29, 1.82) is 0 Å². The summed E-state index contributed by atoms with van der Waals surface area (Å²) < 4.78 is 78.0. The molecule has 0 aliphatic rings. The van der Waals surface area contributed by atoms with Gasteiger partial charge in [0.05, 0.1) is 0 Å². The molecule has 1 radical (unpaired) electrons. The molecule has 0 unspecified atom stereocenters. The van der Waals surface area contributed by atoms with Gasteiger partial charge in [0.15, 0.2) is 0 Å². The molecule has 0 heterocycles. The minimum atomic E-state index is -6.00. The Kier molecular flexibility index (Phi) is 14.5. The summed E-state index contributed by atoms with van der Waals surface area (Å²) in [5.41, 5.74) is 0. The number of hydrogen-bond donors (Lipinski definition) is 0. The van der Waals surface area contributed by atoms with Gasteiger partial charge in [-0.2, -0.15) is 0 Å². The molecule has 0 saturated carbocycles. The van der Waals surface area contributed by atoms with Crippen LogP contribution in [0.5, 0.6) is 0 Å². The van der Waals surface area contributed by atoms with Crippen molar-refractivity contribution in [2.45, 2.75) is 0 Å². The van der Waals surface area contributed by atoms with Crippen LogP contribution in [0, 0.1) is 0 Å². The van der Waals surface area contributed by atoms with Crippen LogP contribution in [0.25, 0.3) is 0 Å². The predicted octanol–water partition coefficient (Wildman–Crippen LogP) is 1.77. The second-order valence-electron chi connectivity index (χ2n) is 0.990. The molecule has 0 atom stereocenters. The van der Waals surface area contributed by atoms with Crippen molar-refractivity contribution in [2.24, 2.45) is 0 Å². The van der Waals surface area contributed by atoms with Gasteiger partial charge in [0.2, 0.25) is 0 Å². The Morgan fingerprint density at radius 1 is 0.500 bits per heavy atom. The van der Waals surface area contributed by atoms with Crippen LogP contribution < -0.4 is 0 Å². The van der Waals surface area contributed by atoms with Crippen molar-refractivity contribution >= 4 is 14.5 Å². The molecular formula is H2B2CuF8O-2. The van der Waals surface area contributed by atoms with Gasteiger partial charge in [0, 0.05) is 17.1 Å². The van der Waals surface area contributed by atoms with Crippen LogP contribution in [-0.2, 0) is 17.1 Å². The fourth-order valence-corrected chi connectivity index (χ4v) is 0. The number of hydrogen-bond acceptors (Lipinski definition) is 0. The maximum atomic E-state index is 9.75. The molecule has 0 bridgehead atoms. The molecule has 0 aromatic heterocycles. The van der Waals surface area contributed by atoms with E-state index in [1.807, 2.05) is 0 Å². The molecule has 12 heavy (non-hydrogen) atoms. The molecule has 0 fully saturated rings. The van der Waals surface area contributed by atoms with E-state index in [-0.39, 0.29) is 22.5 Å². The van der Waals surface area contributed by atoms with Crippen molar-refractivity contribution in [2.75, 3.05) is 0 Å². The summed E-state index contributed by atoms with van der Waals surface area (Å²) in [6.07, 6.45) is 0. The molecular weight excluding hydrogens is 253 g/mol. The minimum absolute atomic E-state index is 0. The second kappa shape index (κ2) is 7.69. The van der Waals surface area contributed by atoms with Crippen LogP contribution in [0.1, 0.15) is 0 Å². The van der Waals surface area contributed by atoms with Gasteiger partial charge in [-0.15, -0.1) is 0 Å². The van der Waals surface area contributed by atoms with Crippen molar-refractivity contribution in [1.82, 2.24) is 0 Å². The molecule has 2 N–H and O–H groups in total. The van der Waals surface area contributed by atoms with Crippen LogP contribution in [-0.4, -0.2) is 20.0 Å². The van der Waals surface area contributed by atoms with Gasteiger partial charge in [-0.05, 0) is 0 Å². The van der Waals surface area contributed by atoms with E-state index < -0.39 is 14.5 Å². The Morgan fingerprint density at radius 2 is 0.500 bits per heavy atom. The fourth-order valence-electron chi connectivity index (χ4n) is 0. The average molecular weight is 255 g/mol. The van der Waals surface area contributed by atoms with Gasteiger partial charge in [0.25, 0.3) is 0 Å². The standard InChI is InChI=1S/2BF4.Cu.H2O/c2*2-1(3,4)5;;/h;;;1H2/q2*-1;;. The van der Waals surface area contributed by atoms with Gasteiger partial charge < -0.3 is 40.0 Å². The maximum absolute atomic E-state index is 9.75. The van der Waals surface area contributed by atoms with Gasteiger partial charge in [0.1, 0.15) is 0 Å². The summed E-state index contributed by atoms with van der Waals surface area (Å²) in [6, 6.07) is 0. The van der Waals surface area contributed by atoms with E-state index in [0.717, 1.165) is 0 Å². The van der Waals surface area contributed by atoms with Gasteiger partial charge >= 0.3 is 14.5 Å². The normalized spacial score (nSPS) is 10.0. The zero-order chi connectivity index (χ0) is 9.00. The molecule has 0 saturated heterocycles. The van der Waals surface area contributed by atoms with Crippen LogP contribution in [0.3, 0.4) is 0 Å². The Labute approximate surface area is 72.5 Å². The largest absolute Gasteiger partial charge is 0.673 e. The van der Waals surface area contributed by atoms with Crippen molar-refractivity contribution in [3.05, 3.63) is 0 Å². The molecule has 0 aromatic rings. The third kappa shape index (κ3) is 338000. The van der Waals surface area contributed by atoms with Crippen LogP contribution >= 0.6 is 0 Å². The quantitative estimate of drug-likeness (QED) is 0.467. The summed E-state index contributed by atoms with van der Waals surface area (Å²) >= 11 is 0. The Morgan fingerprint density at radius 3 is 0.500 bits per heavy atom. The smallest absolute Gasteiger partial charge is 0.418 e. The van der Waals surface area contributed by atoms with Crippen LogP contribution in [0.4, 0.5) is 34.5 Å². The summed E-state index contributed by atoms with van der Waals surface area (Å²) in [5.74, 6) is 0. The summed E-state index contributed by atoms with van der Waals surface area (Å²) in [7, 11) is -12.0. The molecule has 83 valence electrons. The second-order valence-corrected chi connectivity index (χ2v) is 0.990. The third-order valence-corrected chi connectivity index (χ3v) is 0. The van der Waals surface area contributed by atoms with E-state index in [1.165, 1.54) is 0 Å². The average Bonchev–Trinajstić information content (AvgIpc) is 1.12. The zero-order valence-electron chi connectivity index (χ0n) is 4.98. The van der Waals surface area contributed by atoms with Gasteiger partial charge in [-0.1, -0.05) is 0 Å². The van der Waals surface area contributed by atoms with Crippen molar-refractivity contribution in [3.63, 3.8) is 0 Å². The third-order valence-electron chi connectivity index (χ3n) is 0. The molecule has 0 amide bonds. The fraction of sp³-hybridized carbons (Fsp3) is 0.